The molecular formula is C21H25Cl2NO. The molecule has 0 aromatic heterocycles. The maximum atomic E-state index is 12.3. The van der Waals surface area contributed by atoms with Crippen molar-refractivity contribution in [2.75, 3.05) is 20.6 Å². The maximum absolute atomic E-state index is 12.3. The predicted molar refractivity (Wildman–Crippen MR) is 107 cm³/mol. The number of ketones is 1. The number of Topliss-reactive ketones (excluding diaryl/α,β-unsaturated/α-hetero) is 1. The van der Waals surface area contributed by atoms with Crippen LogP contribution >= 0.6 is 23.2 Å². The van der Waals surface area contributed by atoms with Gasteiger partial charge in [0.15, 0.2) is 5.78 Å². The number of carbonyl (C=O) groups is 1. The first kappa shape index (κ1) is 20.0. The second kappa shape index (κ2) is 9.96. The van der Waals surface area contributed by atoms with Crippen molar-refractivity contribution in [3.05, 3.63) is 69.2 Å². The van der Waals surface area contributed by atoms with E-state index in [1.165, 1.54) is 11.1 Å². The third-order valence-corrected chi connectivity index (χ3v) is 5.00. The zero-order chi connectivity index (χ0) is 18.2. The van der Waals surface area contributed by atoms with Crippen molar-refractivity contribution in [2.24, 2.45) is 0 Å². The van der Waals surface area contributed by atoms with E-state index in [2.05, 4.69) is 43.3 Å². The highest BCUT2D eigenvalue weighted by Crippen LogP contribution is 2.23. The smallest absolute Gasteiger partial charge is 0.162 e. The summed E-state index contributed by atoms with van der Waals surface area (Å²) in [5, 5.41) is 0.906. The quantitative estimate of drug-likeness (QED) is 0.522. The predicted octanol–water partition coefficient (Wildman–Crippen LogP) is 5.69. The Balaban J connectivity index is 1.88. The van der Waals surface area contributed by atoms with E-state index in [4.69, 9.17) is 23.2 Å². The zero-order valence-corrected chi connectivity index (χ0v) is 16.4. The van der Waals surface area contributed by atoms with Gasteiger partial charge in [0, 0.05) is 12.0 Å². The van der Waals surface area contributed by atoms with Gasteiger partial charge in [-0.25, -0.2) is 0 Å². The molecule has 4 heteroatoms. The average Bonchev–Trinajstić information content (AvgIpc) is 2.58. The molecule has 2 rings (SSSR count). The van der Waals surface area contributed by atoms with Gasteiger partial charge in [-0.05, 0) is 75.6 Å². The van der Waals surface area contributed by atoms with Gasteiger partial charge in [-0.15, -0.1) is 0 Å². The molecule has 2 aromatic rings. The first-order valence-electron chi connectivity index (χ1n) is 8.67. The van der Waals surface area contributed by atoms with Crippen molar-refractivity contribution in [3.63, 3.8) is 0 Å². The fraction of sp³-hybridized carbons (Fsp3) is 0.381. The minimum Gasteiger partial charge on any atom is -0.309 e. The molecule has 0 radical (unpaired) electrons. The fourth-order valence-electron chi connectivity index (χ4n) is 2.88. The van der Waals surface area contributed by atoms with E-state index in [-0.39, 0.29) is 5.78 Å². The van der Waals surface area contributed by atoms with Gasteiger partial charge in [0.2, 0.25) is 0 Å². The van der Waals surface area contributed by atoms with Gasteiger partial charge in [0.1, 0.15) is 0 Å². The highest BCUT2D eigenvalue weighted by atomic mass is 35.5. The van der Waals surface area contributed by atoms with Crippen LogP contribution in [0.4, 0.5) is 0 Å². The van der Waals surface area contributed by atoms with Crippen LogP contribution in [0.2, 0.25) is 10.0 Å². The maximum Gasteiger partial charge on any atom is 0.162 e. The molecule has 0 aliphatic carbocycles. The van der Waals surface area contributed by atoms with E-state index in [9.17, 15) is 4.79 Å². The van der Waals surface area contributed by atoms with Crippen molar-refractivity contribution >= 4 is 29.0 Å². The van der Waals surface area contributed by atoms with E-state index in [1.54, 1.807) is 18.2 Å². The SMILES string of the molecule is CN(C)CCCc1ccccc1CCCC(=O)c1ccc(Cl)c(Cl)c1. The first-order chi connectivity index (χ1) is 12.0. The second-order valence-electron chi connectivity index (χ2n) is 6.58. The lowest BCUT2D eigenvalue weighted by molar-refractivity contribution is 0.0980. The van der Waals surface area contributed by atoms with Crippen molar-refractivity contribution in [2.45, 2.75) is 32.1 Å². The van der Waals surface area contributed by atoms with E-state index < -0.39 is 0 Å². The molecule has 0 heterocycles. The van der Waals surface area contributed by atoms with E-state index in [1.807, 2.05) is 0 Å². The molecule has 0 aliphatic heterocycles. The summed E-state index contributed by atoms with van der Waals surface area (Å²) in [6.45, 7) is 1.09. The Morgan fingerprint density at radius 3 is 2.16 bits per heavy atom. The van der Waals surface area contributed by atoms with E-state index in [0.29, 0.717) is 22.0 Å². The molecular weight excluding hydrogens is 353 g/mol. The van der Waals surface area contributed by atoms with Gasteiger partial charge in [0.25, 0.3) is 0 Å². The summed E-state index contributed by atoms with van der Waals surface area (Å²) < 4.78 is 0. The highest BCUT2D eigenvalue weighted by Gasteiger charge is 2.09. The van der Waals surface area contributed by atoms with E-state index >= 15 is 0 Å². The highest BCUT2D eigenvalue weighted by molar-refractivity contribution is 6.42. The van der Waals surface area contributed by atoms with Crippen LogP contribution in [-0.4, -0.2) is 31.3 Å². The number of nitrogens with zero attached hydrogens (tertiary/aromatic N) is 1. The van der Waals surface area contributed by atoms with Gasteiger partial charge >= 0.3 is 0 Å². The molecule has 0 atom stereocenters. The average molecular weight is 378 g/mol. The molecule has 0 N–H and O–H groups in total. The van der Waals surface area contributed by atoms with Gasteiger partial charge in [-0.1, -0.05) is 47.5 Å². The van der Waals surface area contributed by atoms with Gasteiger partial charge in [-0.2, -0.15) is 0 Å². The molecule has 0 saturated carbocycles. The van der Waals surface area contributed by atoms with Gasteiger partial charge in [-0.3, -0.25) is 4.79 Å². The summed E-state index contributed by atoms with van der Waals surface area (Å²) in [5.41, 5.74) is 3.38. The molecule has 0 fully saturated rings. The summed E-state index contributed by atoms with van der Waals surface area (Å²) in [6.07, 6.45) is 4.50. The Hall–Kier alpha value is -1.35. The van der Waals surface area contributed by atoms with Crippen LogP contribution in [0.1, 0.15) is 40.7 Å². The Kier molecular flexibility index (Phi) is 7.95. The Bertz CT molecular complexity index is 713. The van der Waals surface area contributed by atoms with Crippen LogP contribution < -0.4 is 0 Å². The minimum atomic E-state index is 0.114. The van der Waals surface area contributed by atoms with Crippen LogP contribution in [0.3, 0.4) is 0 Å². The Morgan fingerprint density at radius 1 is 0.920 bits per heavy atom. The minimum absolute atomic E-state index is 0.114. The fourth-order valence-corrected chi connectivity index (χ4v) is 3.18. The topological polar surface area (TPSA) is 20.3 Å². The number of benzene rings is 2. The molecule has 25 heavy (non-hydrogen) atoms. The van der Waals surface area contributed by atoms with Crippen LogP contribution in [0, 0.1) is 0 Å². The molecule has 0 bridgehead atoms. The summed E-state index contributed by atoms with van der Waals surface area (Å²) in [5.74, 6) is 0.114. The second-order valence-corrected chi connectivity index (χ2v) is 7.40. The van der Waals surface area contributed by atoms with Crippen LogP contribution in [-0.2, 0) is 12.8 Å². The molecule has 134 valence electrons. The third-order valence-electron chi connectivity index (χ3n) is 4.26. The van der Waals surface area contributed by atoms with E-state index in [0.717, 1.165) is 32.2 Å². The van der Waals surface area contributed by atoms with Crippen LogP contribution in [0.5, 0.6) is 0 Å². The standard InChI is InChI=1S/C21H25Cl2NO/c1-24(2)14-6-10-17-8-4-3-7-16(17)9-5-11-21(25)18-12-13-19(22)20(23)15-18/h3-4,7-8,12-13,15H,5-6,9-11,14H2,1-2H3. The zero-order valence-electron chi connectivity index (χ0n) is 14.9. The number of carbonyl (C=O) groups excluding carboxylic acids is 1. The van der Waals surface area contributed by atoms with Crippen molar-refractivity contribution in [1.82, 2.24) is 4.90 Å². The first-order valence-corrected chi connectivity index (χ1v) is 9.42. The van der Waals surface area contributed by atoms with Crippen molar-refractivity contribution in [1.29, 1.82) is 0 Å². The van der Waals surface area contributed by atoms with Crippen molar-refractivity contribution < 1.29 is 4.79 Å². The van der Waals surface area contributed by atoms with Gasteiger partial charge < -0.3 is 4.90 Å². The van der Waals surface area contributed by atoms with Crippen LogP contribution in [0.15, 0.2) is 42.5 Å². The number of hydrogen-bond donors (Lipinski definition) is 0. The van der Waals surface area contributed by atoms with Gasteiger partial charge in [0.05, 0.1) is 10.0 Å². The largest absolute Gasteiger partial charge is 0.309 e. The lowest BCUT2D eigenvalue weighted by Crippen LogP contribution is -2.13. The number of hydrogen-bond acceptors (Lipinski definition) is 2. The summed E-state index contributed by atoms with van der Waals surface area (Å²) in [4.78, 5) is 14.5. The summed E-state index contributed by atoms with van der Waals surface area (Å²) in [7, 11) is 4.20. The Labute approximate surface area is 160 Å². The Morgan fingerprint density at radius 2 is 1.56 bits per heavy atom. The molecule has 0 aliphatic rings. The number of aryl methyl sites for hydroxylation is 2. The molecule has 2 aromatic carbocycles. The third kappa shape index (κ3) is 6.47. The summed E-state index contributed by atoms with van der Waals surface area (Å²) >= 11 is 11.9. The molecule has 0 saturated heterocycles. The summed E-state index contributed by atoms with van der Waals surface area (Å²) in [6, 6.07) is 13.6. The lowest BCUT2D eigenvalue weighted by Gasteiger charge is -2.12. The normalized spacial score (nSPS) is 11.1. The van der Waals surface area contributed by atoms with Crippen molar-refractivity contribution in [3.8, 4) is 0 Å². The molecule has 0 unspecified atom stereocenters. The van der Waals surface area contributed by atoms with Crippen LogP contribution in [0.25, 0.3) is 0 Å². The monoisotopic (exact) mass is 377 g/mol. The number of rotatable bonds is 9. The molecule has 0 spiro atoms. The molecule has 2 nitrogen and oxygen atoms in total. The lowest BCUT2D eigenvalue weighted by atomic mass is 9.97. The molecule has 0 amide bonds. The number of halogens is 2.